The smallest absolute Gasteiger partial charge is 0.305 e. The summed E-state index contributed by atoms with van der Waals surface area (Å²) < 4.78 is 8.06. The zero-order valence-corrected chi connectivity index (χ0v) is 26.1. The lowest BCUT2D eigenvalue weighted by Gasteiger charge is -2.34. The van der Waals surface area contributed by atoms with Crippen LogP contribution in [0.4, 0.5) is 5.82 Å². The van der Waals surface area contributed by atoms with E-state index >= 15 is 0 Å². The van der Waals surface area contributed by atoms with Crippen LogP contribution in [-0.2, 0) is 14.9 Å². The van der Waals surface area contributed by atoms with Crippen LogP contribution in [0, 0.1) is 11.8 Å². The number of nitrogens with one attached hydrogen (secondary N) is 2. The van der Waals surface area contributed by atoms with Crippen molar-refractivity contribution in [1.82, 2.24) is 15.0 Å². The van der Waals surface area contributed by atoms with Crippen molar-refractivity contribution in [3.05, 3.63) is 48.4 Å². The van der Waals surface area contributed by atoms with Gasteiger partial charge in [-0.2, -0.15) is 0 Å². The first-order chi connectivity index (χ1) is 18.7. The molecule has 1 aromatic heterocycles. The van der Waals surface area contributed by atoms with Crippen molar-refractivity contribution in [2.24, 2.45) is 16.8 Å². The molecule has 1 saturated heterocycles. The lowest BCUT2D eigenvalue weighted by Crippen LogP contribution is -2.40. The first-order valence-corrected chi connectivity index (χ1v) is 15.1. The number of rotatable bonds is 6. The summed E-state index contributed by atoms with van der Waals surface area (Å²) in [5, 5.41) is 4.01. The lowest BCUT2D eigenvalue weighted by atomic mass is 9.83. The fourth-order valence-corrected chi connectivity index (χ4v) is 6.13. The van der Waals surface area contributed by atoms with Crippen molar-refractivity contribution >= 4 is 34.7 Å². The predicted octanol–water partition coefficient (Wildman–Crippen LogP) is 6.15. The number of carbonyl (C=O) groups is 2. The quantitative estimate of drug-likeness (QED) is 0.313. The highest BCUT2D eigenvalue weighted by molar-refractivity contribution is 8.13. The van der Waals surface area contributed by atoms with Crippen LogP contribution >= 0.6 is 11.9 Å². The van der Waals surface area contributed by atoms with Gasteiger partial charge in [-0.1, -0.05) is 40.9 Å². The van der Waals surface area contributed by atoms with Crippen molar-refractivity contribution in [2.45, 2.75) is 97.6 Å². The van der Waals surface area contributed by atoms with Crippen molar-refractivity contribution < 1.29 is 14.3 Å². The van der Waals surface area contributed by atoms with Gasteiger partial charge >= 0.3 is 5.97 Å². The molecule has 40 heavy (non-hydrogen) atoms. The van der Waals surface area contributed by atoms with Gasteiger partial charge in [0, 0.05) is 47.6 Å². The maximum atomic E-state index is 13.5. The SMILES string of the molecule is C=C/C1=N\C(=C)NC(CCCC(=O)OCC)CC(C)C2CN(c3nc(C(C)(C)C)ccc3C(=O)NS1)C(C)(C)C2. The summed E-state index contributed by atoms with van der Waals surface area (Å²) in [6, 6.07) is 3.94. The fraction of sp³-hybridized carbons (Fsp3) is 0.613. The Labute approximate surface area is 244 Å². The van der Waals surface area contributed by atoms with E-state index < -0.39 is 0 Å². The first-order valence-electron chi connectivity index (χ1n) is 14.3. The van der Waals surface area contributed by atoms with Gasteiger partial charge in [-0.15, -0.1) is 0 Å². The Kier molecular flexibility index (Phi) is 10.5. The van der Waals surface area contributed by atoms with Crippen molar-refractivity contribution in [2.75, 3.05) is 18.1 Å². The van der Waals surface area contributed by atoms with Crippen LogP contribution in [0.2, 0.25) is 0 Å². The normalized spacial score (nSPS) is 24.9. The number of amides is 1. The van der Waals surface area contributed by atoms with Gasteiger partial charge < -0.3 is 15.0 Å². The highest BCUT2D eigenvalue weighted by Crippen LogP contribution is 2.42. The molecule has 2 bridgehead atoms. The standard InChI is InChI=1S/C31H47N5O3S/c1-10-26-33-21(4)32-23(13-12-14-27(37)39-11-2)17-20(3)22-18-31(8,9)36(19-22)28-24(29(38)35-40-26)15-16-25(34-28)30(5,6)7/h10,15-16,20,22-23,32H,1,4,11-14,17-19H2,2-3,5-9H3,(H,35,38)/b33-26+. The average Bonchev–Trinajstić information content (AvgIpc) is 3.19. The number of anilines is 1. The molecular formula is C31H47N5O3S. The molecule has 220 valence electrons. The van der Waals surface area contributed by atoms with Gasteiger partial charge in [-0.05, 0) is 76.5 Å². The number of fused-ring (bicyclic) bond motifs is 4. The number of pyridine rings is 1. The van der Waals surface area contributed by atoms with E-state index in [9.17, 15) is 9.59 Å². The topological polar surface area (TPSA) is 95.9 Å². The molecule has 1 aromatic rings. The molecule has 1 fully saturated rings. The van der Waals surface area contributed by atoms with Crippen LogP contribution in [0.15, 0.2) is 42.2 Å². The minimum absolute atomic E-state index is 0.0894. The van der Waals surface area contributed by atoms with Crippen LogP contribution in [0.25, 0.3) is 0 Å². The molecule has 0 saturated carbocycles. The summed E-state index contributed by atoms with van der Waals surface area (Å²) in [5.41, 5.74) is 1.17. The van der Waals surface area contributed by atoms with Crippen molar-refractivity contribution in [1.29, 1.82) is 0 Å². The molecule has 0 aromatic carbocycles. The average molecular weight is 570 g/mol. The third-order valence-electron chi connectivity index (χ3n) is 7.79. The molecule has 3 unspecified atom stereocenters. The third kappa shape index (κ3) is 8.12. The number of hydrogen-bond donors (Lipinski definition) is 2. The molecule has 3 atom stereocenters. The van der Waals surface area contributed by atoms with Gasteiger partial charge in [0.15, 0.2) is 0 Å². The molecule has 3 rings (SSSR count). The molecule has 0 aliphatic carbocycles. The largest absolute Gasteiger partial charge is 0.466 e. The lowest BCUT2D eigenvalue weighted by molar-refractivity contribution is -0.143. The zero-order chi connectivity index (χ0) is 29.7. The minimum Gasteiger partial charge on any atom is -0.466 e. The van der Waals surface area contributed by atoms with Gasteiger partial charge in [0.1, 0.15) is 16.7 Å². The highest BCUT2D eigenvalue weighted by atomic mass is 32.2. The number of ether oxygens (including phenoxy) is 1. The van der Waals surface area contributed by atoms with E-state index in [1.807, 2.05) is 19.1 Å². The fourth-order valence-electron chi connectivity index (χ4n) is 5.58. The van der Waals surface area contributed by atoms with Gasteiger partial charge in [0.05, 0.1) is 12.2 Å². The second kappa shape index (κ2) is 13.2. The molecule has 2 aliphatic rings. The van der Waals surface area contributed by atoms with Crippen molar-refractivity contribution in [3.8, 4) is 0 Å². The monoisotopic (exact) mass is 569 g/mol. The zero-order valence-electron chi connectivity index (χ0n) is 25.3. The van der Waals surface area contributed by atoms with E-state index in [2.05, 4.69) is 74.6 Å². The van der Waals surface area contributed by atoms with Crippen molar-refractivity contribution in [3.63, 3.8) is 0 Å². The van der Waals surface area contributed by atoms with Crippen LogP contribution < -0.4 is 14.9 Å². The van der Waals surface area contributed by atoms with Crippen LogP contribution in [0.1, 0.15) is 96.6 Å². The van der Waals surface area contributed by atoms with E-state index in [0.29, 0.717) is 47.7 Å². The van der Waals surface area contributed by atoms with E-state index in [1.165, 1.54) is 0 Å². The predicted molar refractivity (Wildman–Crippen MR) is 165 cm³/mol. The molecule has 8 nitrogen and oxygen atoms in total. The summed E-state index contributed by atoms with van der Waals surface area (Å²) in [6.45, 7) is 24.2. The minimum atomic E-state index is -0.222. The van der Waals surface area contributed by atoms with Crippen LogP contribution in [0.5, 0.6) is 0 Å². The first kappa shape index (κ1) is 31.7. The Morgan fingerprint density at radius 3 is 2.70 bits per heavy atom. The van der Waals surface area contributed by atoms with Gasteiger partial charge in [-0.25, -0.2) is 9.98 Å². The molecule has 1 amide bonds. The number of esters is 1. The summed E-state index contributed by atoms with van der Waals surface area (Å²) in [7, 11) is 0. The number of aromatic nitrogens is 1. The van der Waals surface area contributed by atoms with E-state index in [1.54, 1.807) is 6.08 Å². The number of carbonyl (C=O) groups excluding carboxylic acids is 2. The summed E-state index contributed by atoms with van der Waals surface area (Å²) in [6.07, 6.45) is 5.39. The molecular weight excluding hydrogens is 522 g/mol. The van der Waals surface area contributed by atoms with Gasteiger partial charge in [0.25, 0.3) is 5.91 Å². The molecule has 0 radical (unpaired) electrons. The summed E-state index contributed by atoms with van der Waals surface area (Å²) in [5.74, 6) is 1.62. The Hall–Kier alpha value is -2.81. The number of aliphatic imine (C=N–C) groups is 1. The molecule has 9 heteroatoms. The van der Waals surface area contributed by atoms with Gasteiger partial charge in [-0.3, -0.25) is 14.3 Å². The summed E-state index contributed by atoms with van der Waals surface area (Å²) >= 11 is 1.11. The van der Waals surface area contributed by atoms with Crippen LogP contribution in [0.3, 0.4) is 0 Å². The Bertz CT molecular complexity index is 1140. The molecule has 3 heterocycles. The highest BCUT2D eigenvalue weighted by Gasteiger charge is 2.43. The maximum Gasteiger partial charge on any atom is 0.305 e. The maximum absolute atomic E-state index is 13.5. The molecule has 2 aliphatic heterocycles. The second-order valence-electron chi connectivity index (χ2n) is 12.6. The summed E-state index contributed by atoms with van der Waals surface area (Å²) in [4.78, 5) is 37.5. The van der Waals surface area contributed by atoms with E-state index in [4.69, 9.17) is 9.72 Å². The Morgan fingerprint density at radius 2 is 2.05 bits per heavy atom. The molecule has 0 spiro atoms. The number of nitrogens with zero attached hydrogens (tertiary/aromatic N) is 3. The molecule has 2 N–H and O–H groups in total. The Morgan fingerprint density at radius 1 is 1.32 bits per heavy atom. The van der Waals surface area contributed by atoms with Crippen LogP contribution in [-0.4, -0.2) is 46.6 Å². The number of hydrogen-bond acceptors (Lipinski definition) is 8. The van der Waals surface area contributed by atoms with E-state index in [0.717, 1.165) is 49.3 Å². The second-order valence-corrected chi connectivity index (χ2v) is 13.4. The van der Waals surface area contributed by atoms with Gasteiger partial charge in [0.2, 0.25) is 0 Å². The third-order valence-corrected chi connectivity index (χ3v) is 8.55. The van der Waals surface area contributed by atoms with E-state index in [-0.39, 0.29) is 28.9 Å². The Balaban J connectivity index is 1.99.